The number of aromatic nitrogens is 4. The van der Waals surface area contributed by atoms with E-state index in [9.17, 15) is 0 Å². The maximum Gasteiger partial charge on any atom is 0.178 e. The molecular weight excluding hydrogens is 350 g/mol. The van der Waals surface area contributed by atoms with Gasteiger partial charge in [-0.25, -0.2) is 9.97 Å². The summed E-state index contributed by atoms with van der Waals surface area (Å²) in [6.45, 7) is 5.46. The Morgan fingerprint density at radius 2 is 1.86 bits per heavy atom. The molecule has 2 N–H and O–H groups in total. The molecule has 0 bridgehead atoms. The van der Waals surface area contributed by atoms with Gasteiger partial charge in [0.2, 0.25) is 0 Å². The van der Waals surface area contributed by atoms with Gasteiger partial charge < -0.3 is 14.7 Å². The first-order valence-electron chi connectivity index (χ1n) is 9.74. The number of aryl methyl sites for hydroxylation is 1. The second kappa shape index (κ2) is 8.12. The summed E-state index contributed by atoms with van der Waals surface area (Å²) in [5, 5.41) is 1.26. The van der Waals surface area contributed by atoms with Gasteiger partial charge in [-0.05, 0) is 62.7 Å². The van der Waals surface area contributed by atoms with Crippen LogP contribution in [0.15, 0.2) is 36.5 Å². The number of hydrogen-bond acceptors (Lipinski definition) is 4. The third kappa shape index (κ3) is 3.79. The highest BCUT2D eigenvalue weighted by Gasteiger charge is 2.13. The number of ether oxygens (including phenoxy) is 1. The minimum absolute atomic E-state index is 0.767. The first kappa shape index (κ1) is 18.7. The van der Waals surface area contributed by atoms with Crippen molar-refractivity contribution in [3.8, 4) is 11.3 Å². The Hall–Kier alpha value is -2.70. The van der Waals surface area contributed by atoms with Crippen LogP contribution in [0.3, 0.4) is 0 Å². The van der Waals surface area contributed by atoms with Gasteiger partial charge in [0.1, 0.15) is 5.82 Å². The van der Waals surface area contributed by atoms with Gasteiger partial charge in [-0.3, -0.25) is 4.90 Å². The van der Waals surface area contributed by atoms with Gasteiger partial charge in [-0.15, -0.1) is 0 Å². The van der Waals surface area contributed by atoms with Gasteiger partial charge in [-0.1, -0.05) is 6.07 Å². The summed E-state index contributed by atoms with van der Waals surface area (Å²) in [7, 11) is 3.25. The summed E-state index contributed by atoms with van der Waals surface area (Å²) in [4.78, 5) is 18.2. The summed E-state index contributed by atoms with van der Waals surface area (Å²) in [6, 6.07) is 11.0. The summed E-state index contributed by atoms with van der Waals surface area (Å²) < 4.78 is 4.25. The molecule has 0 saturated carbocycles. The third-order valence-electron chi connectivity index (χ3n) is 5.09. The van der Waals surface area contributed by atoms with Crippen molar-refractivity contribution >= 4 is 22.1 Å². The van der Waals surface area contributed by atoms with Crippen LogP contribution in [0, 0.1) is 6.92 Å². The standard InChI is InChI=1S/C20H21N5.C2H6O/c1-13-22-19-16(6-7-21-20(19)23-13)18-11-15-10-14(4-5-17(15)24-18)12-25-8-2-3-9-25;1-3-2/h4-7,10-11,24H,2-3,8-9,12H2,1H3,(H,21,22,23);1-2H3. The van der Waals surface area contributed by atoms with Crippen LogP contribution < -0.4 is 0 Å². The summed E-state index contributed by atoms with van der Waals surface area (Å²) in [5.41, 5.74) is 6.53. The number of aromatic amines is 2. The topological polar surface area (TPSA) is 69.8 Å². The second-order valence-electron chi connectivity index (χ2n) is 7.38. The number of hydrogen-bond donors (Lipinski definition) is 2. The molecule has 4 heterocycles. The zero-order valence-electron chi connectivity index (χ0n) is 16.7. The number of methoxy groups -OCH3 is 1. The van der Waals surface area contributed by atoms with Gasteiger partial charge in [0, 0.05) is 49.1 Å². The van der Waals surface area contributed by atoms with Crippen LogP contribution in [-0.4, -0.2) is 52.1 Å². The molecule has 0 radical (unpaired) electrons. The van der Waals surface area contributed by atoms with Crippen molar-refractivity contribution in [2.75, 3.05) is 27.3 Å². The Morgan fingerprint density at radius 1 is 1.07 bits per heavy atom. The average molecular weight is 377 g/mol. The maximum absolute atomic E-state index is 4.44. The minimum atomic E-state index is 0.767. The largest absolute Gasteiger partial charge is 0.388 e. The number of pyridine rings is 1. The van der Waals surface area contributed by atoms with Crippen LogP contribution in [-0.2, 0) is 11.3 Å². The highest BCUT2D eigenvalue weighted by Crippen LogP contribution is 2.29. The number of benzene rings is 1. The molecule has 1 aromatic carbocycles. The Bertz CT molecular complexity index is 1080. The quantitative estimate of drug-likeness (QED) is 0.559. The normalized spacial score (nSPS) is 14.5. The van der Waals surface area contributed by atoms with Gasteiger partial charge in [0.15, 0.2) is 5.65 Å². The molecule has 6 nitrogen and oxygen atoms in total. The lowest BCUT2D eigenvalue weighted by Crippen LogP contribution is -2.18. The number of fused-ring (bicyclic) bond motifs is 2. The molecule has 4 aromatic rings. The molecule has 146 valence electrons. The van der Waals surface area contributed by atoms with Gasteiger partial charge in [0.25, 0.3) is 0 Å². The van der Waals surface area contributed by atoms with Crippen LogP contribution in [0.25, 0.3) is 33.3 Å². The van der Waals surface area contributed by atoms with E-state index in [-0.39, 0.29) is 0 Å². The predicted octanol–water partition coefficient (Wildman–Crippen LogP) is 4.27. The SMILES string of the molecule is COC.Cc1nc2nccc(-c3cc4cc(CN5CCCC5)ccc4[nH]3)c2[nH]1. The van der Waals surface area contributed by atoms with Crippen LogP contribution in [0.4, 0.5) is 0 Å². The Kier molecular flexibility index (Phi) is 5.41. The predicted molar refractivity (Wildman–Crippen MR) is 113 cm³/mol. The zero-order valence-corrected chi connectivity index (χ0v) is 16.7. The fourth-order valence-electron chi connectivity index (χ4n) is 3.88. The highest BCUT2D eigenvalue weighted by molar-refractivity contribution is 5.94. The van der Waals surface area contributed by atoms with Crippen LogP contribution in [0.2, 0.25) is 0 Å². The highest BCUT2D eigenvalue weighted by atomic mass is 16.4. The van der Waals surface area contributed by atoms with Crippen molar-refractivity contribution in [3.05, 3.63) is 47.9 Å². The molecule has 1 fully saturated rings. The summed E-state index contributed by atoms with van der Waals surface area (Å²) in [5.74, 6) is 0.888. The fraction of sp³-hybridized carbons (Fsp3) is 0.364. The third-order valence-corrected chi connectivity index (χ3v) is 5.09. The Balaban J connectivity index is 0.000000604. The van der Waals surface area contributed by atoms with Crippen LogP contribution in [0.1, 0.15) is 24.2 Å². The van der Waals surface area contributed by atoms with Gasteiger partial charge in [-0.2, -0.15) is 0 Å². The van der Waals surface area contributed by atoms with E-state index >= 15 is 0 Å². The monoisotopic (exact) mass is 377 g/mol. The fourth-order valence-corrected chi connectivity index (χ4v) is 3.88. The van der Waals surface area contributed by atoms with E-state index in [1.807, 2.05) is 19.2 Å². The molecule has 3 aromatic heterocycles. The molecule has 5 rings (SSSR count). The number of rotatable bonds is 3. The number of likely N-dealkylation sites (tertiary alicyclic amines) is 1. The summed E-state index contributed by atoms with van der Waals surface area (Å²) in [6.07, 6.45) is 4.48. The first-order chi connectivity index (χ1) is 13.7. The molecule has 1 saturated heterocycles. The maximum atomic E-state index is 4.44. The molecule has 0 spiro atoms. The van der Waals surface area contributed by atoms with Crippen molar-refractivity contribution in [1.29, 1.82) is 0 Å². The lowest BCUT2D eigenvalue weighted by molar-refractivity contribution is 0.277. The van der Waals surface area contributed by atoms with Gasteiger partial charge >= 0.3 is 0 Å². The lowest BCUT2D eigenvalue weighted by atomic mass is 10.1. The molecule has 0 unspecified atom stereocenters. The molecule has 28 heavy (non-hydrogen) atoms. The first-order valence-corrected chi connectivity index (χ1v) is 9.74. The van der Waals surface area contributed by atoms with E-state index in [0.717, 1.165) is 34.8 Å². The molecule has 0 aliphatic carbocycles. The molecule has 1 aliphatic rings. The van der Waals surface area contributed by atoms with Crippen LogP contribution in [0.5, 0.6) is 0 Å². The number of H-pyrrole nitrogens is 2. The van der Waals surface area contributed by atoms with Crippen molar-refractivity contribution in [2.24, 2.45) is 0 Å². The Morgan fingerprint density at radius 3 is 2.64 bits per heavy atom. The molecule has 0 atom stereocenters. The van der Waals surface area contributed by atoms with Crippen molar-refractivity contribution in [3.63, 3.8) is 0 Å². The van der Waals surface area contributed by atoms with E-state index in [1.54, 1.807) is 14.2 Å². The minimum Gasteiger partial charge on any atom is -0.388 e. The molecule has 6 heteroatoms. The lowest BCUT2D eigenvalue weighted by Gasteiger charge is -2.14. The van der Waals surface area contributed by atoms with Crippen molar-refractivity contribution in [1.82, 2.24) is 24.8 Å². The smallest absolute Gasteiger partial charge is 0.178 e. The van der Waals surface area contributed by atoms with E-state index in [4.69, 9.17) is 0 Å². The zero-order chi connectivity index (χ0) is 19.5. The van der Waals surface area contributed by atoms with E-state index in [0.29, 0.717) is 0 Å². The second-order valence-corrected chi connectivity index (χ2v) is 7.38. The summed E-state index contributed by atoms with van der Waals surface area (Å²) >= 11 is 0. The van der Waals surface area contributed by atoms with Crippen LogP contribution >= 0.6 is 0 Å². The van der Waals surface area contributed by atoms with E-state index in [1.165, 1.54) is 42.4 Å². The van der Waals surface area contributed by atoms with Crippen molar-refractivity contribution in [2.45, 2.75) is 26.3 Å². The van der Waals surface area contributed by atoms with E-state index < -0.39 is 0 Å². The number of nitrogens with one attached hydrogen (secondary N) is 2. The van der Waals surface area contributed by atoms with E-state index in [2.05, 4.69) is 53.8 Å². The van der Waals surface area contributed by atoms with Crippen molar-refractivity contribution < 1.29 is 4.74 Å². The number of imidazole rings is 1. The molecule has 0 amide bonds. The average Bonchev–Trinajstić information content (AvgIpc) is 3.40. The number of nitrogens with zero attached hydrogens (tertiary/aromatic N) is 3. The van der Waals surface area contributed by atoms with Gasteiger partial charge in [0.05, 0.1) is 5.52 Å². The Labute approximate surface area is 165 Å². The molecule has 1 aliphatic heterocycles. The molecular formula is C22H27N5O.